The van der Waals surface area contributed by atoms with E-state index >= 15 is 0 Å². The van der Waals surface area contributed by atoms with Crippen LogP contribution in [0.2, 0.25) is 0 Å². The molecule has 1 heterocycles. The molecule has 0 radical (unpaired) electrons. The minimum atomic E-state index is 1.17. The van der Waals surface area contributed by atoms with Gasteiger partial charge < -0.3 is 4.57 Å². The van der Waals surface area contributed by atoms with E-state index in [0.29, 0.717) is 0 Å². The number of hydrogen-bond acceptors (Lipinski definition) is 0. The normalized spacial score (nSPS) is 11.8. The fraction of sp³-hybridized carbons (Fsp3) is 0. The van der Waals surface area contributed by atoms with Gasteiger partial charge in [-0.15, -0.1) is 0 Å². The summed E-state index contributed by atoms with van der Waals surface area (Å²) in [7, 11) is 0. The minimum Gasteiger partial charge on any atom is -0.309 e. The van der Waals surface area contributed by atoms with Gasteiger partial charge in [-0.25, -0.2) is 0 Å². The Morgan fingerprint density at radius 3 is 1.72 bits per heavy atom. The summed E-state index contributed by atoms with van der Waals surface area (Å²) >= 11 is 0. The zero-order chi connectivity index (χ0) is 30.9. The van der Waals surface area contributed by atoms with E-state index in [9.17, 15) is 0 Å². The smallest absolute Gasteiger partial charge is 0.0541 e. The summed E-state index contributed by atoms with van der Waals surface area (Å²) in [5.74, 6) is 0. The number of nitrogens with zero attached hydrogens (tertiary/aromatic N) is 1. The van der Waals surface area contributed by atoms with Gasteiger partial charge in [0.1, 0.15) is 0 Å². The van der Waals surface area contributed by atoms with Crippen molar-refractivity contribution in [3.63, 3.8) is 0 Å². The Bertz CT molecular complexity index is 2830. The van der Waals surface area contributed by atoms with Gasteiger partial charge in [0.25, 0.3) is 0 Å². The van der Waals surface area contributed by atoms with Crippen molar-refractivity contribution < 1.29 is 0 Å². The van der Waals surface area contributed by atoms with Crippen LogP contribution in [0.4, 0.5) is 0 Å². The summed E-state index contributed by atoms with van der Waals surface area (Å²) in [6.07, 6.45) is 0. The second-order valence-corrected chi connectivity index (χ2v) is 12.5. The van der Waals surface area contributed by atoms with Gasteiger partial charge in [0, 0.05) is 16.5 Å². The maximum absolute atomic E-state index is 2.43. The molecule has 0 aliphatic carbocycles. The molecule has 0 aliphatic rings. The van der Waals surface area contributed by atoms with Crippen molar-refractivity contribution in [2.24, 2.45) is 0 Å². The SMILES string of the molecule is c1ccc(-n2c3ccccc3c3cc(-c4c5ccccc5c(-c5cccc6ccccc56)c5ccc6ccccc6c45)ccc32)cc1. The largest absolute Gasteiger partial charge is 0.309 e. The van der Waals surface area contributed by atoms with Gasteiger partial charge in [0.15, 0.2) is 0 Å². The lowest BCUT2D eigenvalue weighted by Crippen LogP contribution is -1.94. The first-order valence-electron chi connectivity index (χ1n) is 16.3. The molecule has 9 aromatic carbocycles. The Labute approximate surface area is 272 Å². The van der Waals surface area contributed by atoms with E-state index in [1.807, 2.05) is 0 Å². The van der Waals surface area contributed by atoms with Crippen LogP contribution in [0.5, 0.6) is 0 Å². The molecule has 0 N–H and O–H groups in total. The summed E-state index contributed by atoms with van der Waals surface area (Å²) in [5, 5.41) is 12.7. The second-order valence-electron chi connectivity index (χ2n) is 12.5. The lowest BCUT2D eigenvalue weighted by molar-refractivity contribution is 1.18. The van der Waals surface area contributed by atoms with Gasteiger partial charge >= 0.3 is 0 Å². The maximum Gasteiger partial charge on any atom is 0.0541 e. The van der Waals surface area contributed by atoms with Crippen molar-refractivity contribution in [1.82, 2.24) is 4.57 Å². The van der Waals surface area contributed by atoms with Crippen LogP contribution in [-0.4, -0.2) is 4.57 Å². The average Bonchev–Trinajstić information content (AvgIpc) is 3.47. The summed E-state index contributed by atoms with van der Waals surface area (Å²) in [6.45, 7) is 0. The van der Waals surface area contributed by atoms with Crippen LogP contribution in [0.15, 0.2) is 176 Å². The Kier molecular flexibility index (Phi) is 5.64. The number of para-hydroxylation sites is 2. The van der Waals surface area contributed by atoms with Gasteiger partial charge in [-0.1, -0.05) is 146 Å². The molecule has 47 heavy (non-hydrogen) atoms. The molecule has 218 valence electrons. The second kappa shape index (κ2) is 10.2. The summed E-state index contributed by atoms with van der Waals surface area (Å²) in [6, 6.07) is 64.5. The molecule has 0 amide bonds. The number of fused-ring (bicyclic) bond motifs is 8. The molecule has 1 nitrogen and oxygen atoms in total. The van der Waals surface area contributed by atoms with E-state index in [1.54, 1.807) is 0 Å². The molecule has 0 spiro atoms. The van der Waals surface area contributed by atoms with Crippen molar-refractivity contribution in [1.29, 1.82) is 0 Å². The molecular weight excluding hydrogens is 567 g/mol. The molecular formula is C46H29N. The Morgan fingerprint density at radius 2 is 0.915 bits per heavy atom. The van der Waals surface area contributed by atoms with E-state index in [0.717, 1.165) is 0 Å². The molecule has 0 aliphatic heterocycles. The molecule has 0 saturated heterocycles. The monoisotopic (exact) mass is 595 g/mol. The van der Waals surface area contributed by atoms with E-state index < -0.39 is 0 Å². The van der Waals surface area contributed by atoms with E-state index in [2.05, 4.69) is 180 Å². The highest BCUT2D eigenvalue weighted by atomic mass is 15.0. The molecule has 10 aromatic rings. The highest BCUT2D eigenvalue weighted by Crippen LogP contribution is 2.48. The summed E-state index contributed by atoms with van der Waals surface area (Å²) in [4.78, 5) is 0. The molecule has 1 aromatic heterocycles. The summed E-state index contributed by atoms with van der Waals surface area (Å²) in [5.41, 5.74) is 8.69. The number of hydrogen-bond donors (Lipinski definition) is 0. The van der Waals surface area contributed by atoms with Crippen LogP contribution < -0.4 is 0 Å². The Balaban J connectivity index is 1.37. The predicted octanol–water partition coefficient (Wildman–Crippen LogP) is 12.7. The highest BCUT2D eigenvalue weighted by molar-refractivity contribution is 6.29. The van der Waals surface area contributed by atoms with Crippen molar-refractivity contribution in [3.8, 4) is 27.9 Å². The van der Waals surface area contributed by atoms with E-state index in [-0.39, 0.29) is 0 Å². The molecule has 0 fully saturated rings. The van der Waals surface area contributed by atoms with Gasteiger partial charge in [0.2, 0.25) is 0 Å². The molecule has 10 rings (SSSR count). The van der Waals surface area contributed by atoms with Crippen molar-refractivity contribution in [3.05, 3.63) is 176 Å². The Morgan fingerprint density at radius 1 is 0.319 bits per heavy atom. The number of rotatable bonds is 3. The zero-order valence-corrected chi connectivity index (χ0v) is 25.7. The van der Waals surface area contributed by atoms with Crippen LogP contribution in [-0.2, 0) is 0 Å². The first-order valence-corrected chi connectivity index (χ1v) is 16.3. The van der Waals surface area contributed by atoms with Gasteiger partial charge in [-0.3, -0.25) is 0 Å². The first-order chi connectivity index (χ1) is 23.3. The van der Waals surface area contributed by atoms with Gasteiger partial charge in [0.05, 0.1) is 11.0 Å². The molecule has 0 unspecified atom stereocenters. The maximum atomic E-state index is 2.43. The fourth-order valence-electron chi connectivity index (χ4n) is 7.97. The van der Waals surface area contributed by atoms with Crippen LogP contribution in [0.25, 0.3) is 92.8 Å². The molecule has 0 saturated carbocycles. The topological polar surface area (TPSA) is 4.93 Å². The molecule has 1 heteroatoms. The fourth-order valence-corrected chi connectivity index (χ4v) is 7.97. The van der Waals surface area contributed by atoms with Crippen molar-refractivity contribution in [2.75, 3.05) is 0 Å². The van der Waals surface area contributed by atoms with E-state index in [1.165, 1.54) is 92.8 Å². The third-order valence-corrected chi connectivity index (χ3v) is 9.95. The number of aromatic nitrogens is 1. The summed E-state index contributed by atoms with van der Waals surface area (Å²) < 4.78 is 2.39. The zero-order valence-electron chi connectivity index (χ0n) is 25.7. The van der Waals surface area contributed by atoms with Crippen molar-refractivity contribution >= 4 is 64.9 Å². The third-order valence-electron chi connectivity index (χ3n) is 9.95. The number of benzene rings is 9. The standard InChI is InChI=1S/C46H29N/c1-2-16-33(17-3-1)47-42-24-11-10-20-36(42)41-29-32(26-28-43(41)47)44-38-21-8-9-22-39(38)45(37-23-12-15-30-13-4-6-18-34(30)37)40-27-25-31-14-5-7-19-35(31)46(40)44/h1-29H. The van der Waals surface area contributed by atoms with E-state index in [4.69, 9.17) is 0 Å². The van der Waals surface area contributed by atoms with Crippen LogP contribution >= 0.6 is 0 Å². The minimum absolute atomic E-state index is 1.17. The third kappa shape index (κ3) is 3.84. The molecule has 0 bridgehead atoms. The van der Waals surface area contributed by atoms with Crippen molar-refractivity contribution in [2.45, 2.75) is 0 Å². The lowest BCUT2D eigenvalue weighted by atomic mass is 9.83. The quantitative estimate of drug-likeness (QED) is 0.141. The Hall–Kier alpha value is -6.18. The first kappa shape index (κ1) is 26.1. The highest BCUT2D eigenvalue weighted by Gasteiger charge is 2.21. The van der Waals surface area contributed by atoms with Gasteiger partial charge in [-0.05, 0) is 95.7 Å². The van der Waals surface area contributed by atoms with Crippen LogP contribution in [0, 0.1) is 0 Å². The van der Waals surface area contributed by atoms with Gasteiger partial charge in [-0.2, -0.15) is 0 Å². The molecule has 0 atom stereocenters. The van der Waals surface area contributed by atoms with Crippen LogP contribution in [0.3, 0.4) is 0 Å². The van der Waals surface area contributed by atoms with Crippen LogP contribution in [0.1, 0.15) is 0 Å². The predicted molar refractivity (Wildman–Crippen MR) is 202 cm³/mol. The average molecular weight is 596 g/mol. The lowest BCUT2D eigenvalue weighted by Gasteiger charge is -2.20.